The summed E-state index contributed by atoms with van der Waals surface area (Å²) in [4.78, 5) is 0. The number of fused-ring (bicyclic) bond motifs is 6. The summed E-state index contributed by atoms with van der Waals surface area (Å²) in [7, 11) is 0. The van der Waals surface area contributed by atoms with Crippen LogP contribution in [0.25, 0.3) is 98.4 Å². The van der Waals surface area contributed by atoms with E-state index in [-0.39, 0.29) is 0 Å². The molecule has 0 aromatic heterocycles. The van der Waals surface area contributed by atoms with E-state index < -0.39 is 0 Å². The van der Waals surface area contributed by atoms with Gasteiger partial charge in [0.05, 0.1) is 0 Å². The van der Waals surface area contributed by atoms with Crippen LogP contribution in [-0.4, -0.2) is 0 Å². The van der Waals surface area contributed by atoms with Crippen molar-refractivity contribution in [1.29, 1.82) is 0 Å². The fraction of sp³-hybridized carbons (Fsp3) is 0. The predicted octanol–water partition coefficient (Wildman–Crippen LogP) is 14.1. The van der Waals surface area contributed by atoms with E-state index in [1.807, 2.05) is 0 Å². The highest BCUT2D eigenvalue weighted by Crippen LogP contribution is 2.48. The maximum atomic E-state index is 2.35. The molecule has 0 unspecified atom stereocenters. The quantitative estimate of drug-likeness (QED) is 0.134. The molecular formula is C50H32. The third-order valence-corrected chi connectivity index (χ3v) is 10.4. The van der Waals surface area contributed by atoms with Crippen LogP contribution in [0.1, 0.15) is 0 Å². The van der Waals surface area contributed by atoms with Gasteiger partial charge in [0.15, 0.2) is 0 Å². The molecule has 10 aromatic rings. The van der Waals surface area contributed by atoms with E-state index in [4.69, 9.17) is 0 Å². The minimum atomic E-state index is 1.22. The summed E-state index contributed by atoms with van der Waals surface area (Å²) in [5, 5.41) is 12.6. The molecule has 0 radical (unpaired) electrons. The average Bonchev–Trinajstić information content (AvgIpc) is 3.19. The molecule has 0 aliphatic heterocycles. The number of hydrogen-bond acceptors (Lipinski definition) is 0. The number of benzene rings is 10. The van der Waals surface area contributed by atoms with Crippen LogP contribution in [0.3, 0.4) is 0 Å². The Morgan fingerprint density at radius 1 is 0.220 bits per heavy atom. The summed E-state index contributed by atoms with van der Waals surface area (Å²) in [6.07, 6.45) is 0. The van der Waals surface area contributed by atoms with Gasteiger partial charge in [-0.3, -0.25) is 0 Å². The van der Waals surface area contributed by atoms with Gasteiger partial charge in [-0.2, -0.15) is 0 Å². The van der Waals surface area contributed by atoms with Crippen LogP contribution in [0.2, 0.25) is 0 Å². The molecule has 0 N–H and O–H groups in total. The summed E-state index contributed by atoms with van der Waals surface area (Å²) in [5.41, 5.74) is 9.99. The van der Waals surface area contributed by atoms with E-state index >= 15 is 0 Å². The van der Waals surface area contributed by atoms with Crippen molar-refractivity contribution in [1.82, 2.24) is 0 Å². The fourth-order valence-electron chi connectivity index (χ4n) is 8.13. The van der Waals surface area contributed by atoms with Crippen molar-refractivity contribution in [3.05, 3.63) is 194 Å². The second kappa shape index (κ2) is 11.6. The Labute approximate surface area is 291 Å². The van der Waals surface area contributed by atoms with Crippen LogP contribution in [0.4, 0.5) is 0 Å². The molecule has 10 aromatic carbocycles. The zero-order valence-corrected chi connectivity index (χ0v) is 27.5. The molecule has 0 aliphatic rings. The highest BCUT2D eigenvalue weighted by molar-refractivity contribution is 6.28. The van der Waals surface area contributed by atoms with Crippen LogP contribution in [0.15, 0.2) is 194 Å². The second-order valence-corrected chi connectivity index (χ2v) is 13.2. The lowest BCUT2D eigenvalue weighted by molar-refractivity contribution is 1.62. The molecule has 0 bridgehead atoms. The molecule has 0 saturated carbocycles. The van der Waals surface area contributed by atoms with Gasteiger partial charge in [0, 0.05) is 0 Å². The van der Waals surface area contributed by atoms with Crippen LogP contribution < -0.4 is 0 Å². The lowest BCUT2D eigenvalue weighted by Crippen LogP contribution is -1.94. The first-order valence-corrected chi connectivity index (χ1v) is 17.4. The summed E-state index contributed by atoms with van der Waals surface area (Å²) >= 11 is 0. The molecule has 0 nitrogen and oxygen atoms in total. The van der Waals surface area contributed by atoms with Crippen LogP contribution in [-0.2, 0) is 0 Å². The lowest BCUT2D eigenvalue weighted by Gasteiger charge is -2.21. The summed E-state index contributed by atoms with van der Waals surface area (Å²) < 4.78 is 0. The van der Waals surface area contributed by atoms with Gasteiger partial charge in [-0.25, -0.2) is 0 Å². The topological polar surface area (TPSA) is 0 Å². The fourth-order valence-corrected chi connectivity index (χ4v) is 8.13. The van der Waals surface area contributed by atoms with E-state index in [9.17, 15) is 0 Å². The van der Waals surface area contributed by atoms with Crippen molar-refractivity contribution in [2.45, 2.75) is 0 Å². The average molecular weight is 633 g/mol. The summed E-state index contributed by atoms with van der Waals surface area (Å²) in [5.74, 6) is 0. The van der Waals surface area contributed by atoms with E-state index in [0.29, 0.717) is 0 Å². The first-order valence-electron chi connectivity index (χ1n) is 17.4. The smallest absolute Gasteiger partial charge is 0.00141 e. The van der Waals surface area contributed by atoms with Gasteiger partial charge in [0.1, 0.15) is 0 Å². The summed E-state index contributed by atoms with van der Waals surface area (Å²) in [6, 6.07) is 71.4. The Balaban J connectivity index is 1.26. The third-order valence-electron chi connectivity index (χ3n) is 10.4. The van der Waals surface area contributed by atoms with Gasteiger partial charge in [0.2, 0.25) is 0 Å². The highest BCUT2D eigenvalue weighted by atomic mass is 14.2. The van der Waals surface area contributed by atoms with E-state index in [1.54, 1.807) is 0 Å². The Bertz CT molecular complexity index is 2900. The SMILES string of the molecule is c1ccc(-c2c3ccccc3c(-c3ccc(-c4ccc5ccccc5c4)cc3)c3c2ccc2ccccc23)c(-c2cccc3ccccc23)c1. The highest BCUT2D eigenvalue weighted by Gasteiger charge is 2.21. The Hall–Kier alpha value is -6.50. The Kier molecular flexibility index (Phi) is 6.60. The van der Waals surface area contributed by atoms with Crippen LogP contribution in [0, 0.1) is 0 Å². The van der Waals surface area contributed by atoms with Crippen molar-refractivity contribution in [3.63, 3.8) is 0 Å². The number of hydrogen-bond donors (Lipinski definition) is 0. The van der Waals surface area contributed by atoms with Gasteiger partial charge in [-0.15, -0.1) is 0 Å². The molecule has 50 heavy (non-hydrogen) atoms. The Morgan fingerprint density at radius 2 is 0.720 bits per heavy atom. The van der Waals surface area contributed by atoms with Crippen LogP contribution in [0.5, 0.6) is 0 Å². The minimum absolute atomic E-state index is 1.22. The maximum Gasteiger partial charge on any atom is -0.00141 e. The van der Waals surface area contributed by atoms with Crippen molar-refractivity contribution in [2.75, 3.05) is 0 Å². The monoisotopic (exact) mass is 632 g/mol. The third kappa shape index (κ3) is 4.54. The molecule has 10 rings (SSSR count). The molecule has 232 valence electrons. The normalized spacial score (nSPS) is 11.6. The van der Waals surface area contributed by atoms with Crippen LogP contribution >= 0.6 is 0 Å². The van der Waals surface area contributed by atoms with Gasteiger partial charge in [-0.05, 0) is 104 Å². The van der Waals surface area contributed by atoms with Crippen molar-refractivity contribution in [3.8, 4) is 44.5 Å². The second-order valence-electron chi connectivity index (χ2n) is 13.2. The number of rotatable bonds is 4. The van der Waals surface area contributed by atoms with Gasteiger partial charge in [-0.1, -0.05) is 188 Å². The van der Waals surface area contributed by atoms with Crippen molar-refractivity contribution < 1.29 is 0 Å². The van der Waals surface area contributed by atoms with Crippen molar-refractivity contribution >= 4 is 53.9 Å². The molecule has 0 saturated heterocycles. The lowest BCUT2D eigenvalue weighted by atomic mass is 9.82. The van der Waals surface area contributed by atoms with Gasteiger partial charge in [0.25, 0.3) is 0 Å². The molecule has 0 atom stereocenters. The standard InChI is InChI=1S/C50H32/c1-2-15-38-32-39(29-26-33(38)12-1)34-24-27-37(28-25-34)48-45-21-9-10-22-46(45)49(47-31-30-36-14-4-6-18-41(36)50(47)48)44-20-8-7-19-43(44)42-23-11-16-35-13-3-5-17-40(35)42/h1-32H. The first kappa shape index (κ1) is 28.5. The zero-order valence-electron chi connectivity index (χ0n) is 27.5. The van der Waals surface area contributed by atoms with E-state index in [2.05, 4.69) is 194 Å². The summed E-state index contributed by atoms with van der Waals surface area (Å²) in [6.45, 7) is 0. The van der Waals surface area contributed by atoms with Gasteiger partial charge < -0.3 is 0 Å². The molecular weight excluding hydrogens is 601 g/mol. The van der Waals surface area contributed by atoms with E-state index in [1.165, 1.54) is 98.4 Å². The molecule has 0 aliphatic carbocycles. The molecule has 0 heterocycles. The minimum Gasteiger partial charge on any atom is -0.0616 e. The van der Waals surface area contributed by atoms with Gasteiger partial charge >= 0.3 is 0 Å². The largest absolute Gasteiger partial charge is 0.0616 e. The van der Waals surface area contributed by atoms with Crippen molar-refractivity contribution in [2.24, 2.45) is 0 Å². The maximum absolute atomic E-state index is 2.35. The zero-order chi connectivity index (χ0) is 33.0. The molecule has 0 amide bonds. The van der Waals surface area contributed by atoms with E-state index in [0.717, 1.165) is 0 Å². The molecule has 0 spiro atoms. The predicted molar refractivity (Wildman–Crippen MR) is 216 cm³/mol. The molecule has 0 fully saturated rings. The Morgan fingerprint density at radius 3 is 1.50 bits per heavy atom. The first-order chi connectivity index (χ1) is 24.8. The molecule has 0 heteroatoms.